The van der Waals surface area contributed by atoms with Gasteiger partial charge in [-0.25, -0.2) is 0 Å². The number of nitrogens with one attached hydrogen (secondary N) is 1. The van der Waals surface area contributed by atoms with E-state index in [0.717, 1.165) is 18.7 Å². The molecule has 3 heteroatoms. The van der Waals surface area contributed by atoms with Crippen molar-refractivity contribution in [2.24, 2.45) is 0 Å². The van der Waals surface area contributed by atoms with Crippen molar-refractivity contribution in [3.63, 3.8) is 0 Å². The first kappa shape index (κ1) is 14.8. The second kappa shape index (κ2) is 6.76. The van der Waals surface area contributed by atoms with E-state index in [1.54, 1.807) is 0 Å². The third-order valence-corrected chi connectivity index (χ3v) is 5.93. The van der Waals surface area contributed by atoms with Crippen LogP contribution in [0.3, 0.4) is 0 Å². The largest absolute Gasteiger partial charge is 0.375 e. The van der Waals surface area contributed by atoms with Crippen LogP contribution >= 0.6 is 0 Å². The van der Waals surface area contributed by atoms with Crippen LogP contribution in [-0.4, -0.2) is 49.3 Å². The average Bonchev–Trinajstić information content (AvgIpc) is 2.76. The third-order valence-electron chi connectivity index (χ3n) is 5.93. The summed E-state index contributed by atoms with van der Waals surface area (Å²) < 4.78 is 6.26. The van der Waals surface area contributed by atoms with Gasteiger partial charge in [-0.05, 0) is 65.1 Å². The van der Waals surface area contributed by atoms with Crippen LogP contribution in [0.5, 0.6) is 0 Å². The van der Waals surface area contributed by atoms with Crippen LogP contribution in [0, 0.1) is 0 Å². The lowest BCUT2D eigenvalue weighted by atomic mass is 9.77. The molecular formula is C17H32N2O. The summed E-state index contributed by atoms with van der Waals surface area (Å²) >= 11 is 0. The SMILES string of the molecule is CN(C1CCCNCC1)C1CCOC2(CCCCC2)C1. The lowest BCUT2D eigenvalue weighted by molar-refractivity contribution is -0.125. The summed E-state index contributed by atoms with van der Waals surface area (Å²) in [5, 5.41) is 3.54. The van der Waals surface area contributed by atoms with Crippen molar-refractivity contribution in [1.82, 2.24) is 10.2 Å². The molecule has 3 nitrogen and oxygen atoms in total. The molecule has 3 fully saturated rings. The van der Waals surface area contributed by atoms with Crippen LogP contribution in [-0.2, 0) is 4.74 Å². The molecule has 0 radical (unpaired) electrons. The first-order valence-electron chi connectivity index (χ1n) is 8.86. The number of nitrogens with zero attached hydrogens (tertiary/aromatic N) is 1. The molecule has 0 amide bonds. The van der Waals surface area contributed by atoms with E-state index in [2.05, 4.69) is 17.3 Å². The van der Waals surface area contributed by atoms with E-state index in [1.807, 2.05) is 0 Å². The van der Waals surface area contributed by atoms with Gasteiger partial charge in [-0.1, -0.05) is 19.3 Å². The van der Waals surface area contributed by atoms with Crippen molar-refractivity contribution < 1.29 is 4.74 Å². The predicted molar refractivity (Wildman–Crippen MR) is 83.1 cm³/mol. The standard InChI is InChI=1S/C17H32N2O/c1-19(15-6-5-11-18-12-7-15)16-8-13-20-17(14-16)9-3-2-4-10-17/h15-16,18H,2-14H2,1H3. The predicted octanol–water partition coefficient (Wildman–Crippen LogP) is 2.94. The molecule has 1 N–H and O–H groups in total. The zero-order chi connectivity index (χ0) is 13.8. The molecule has 0 aromatic carbocycles. The maximum Gasteiger partial charge on any atom is 0.0697 e. The molecule has 1 aliphatic carbocycles. The van der Waals surface area contributed by atoms with Crippen LogP contribution < -0.4 is 5.32 Å². The van der Waals surface area contributed by atoms with Crippen LogP contribution in [0.15, 0.2) is 0 Å². The molecule has 0 aromatic rings. The van der Waals surface area contributed by atoms with Gasteiger partial charge in [-0.2, -0.15) is 0 Å². The maximum atomic E-state index is 6.26. The Balaban J connectivity index is 1.60. The molecule has 2 aliphatic heterocycles. The summed E-state index contributed by atoms with van der Waals surface area (Å²) in [5.41, 5.74) is 0.248. The van der Waals surface area contributed by atoms with Crippen molar-refractivity contribution in [1.29, 1.82) is 0 Å². The highest BCUT2D eigenvalue weighted by molar-refractivity contribution is 4.93. The minimum Gasteiger partial charge on any atom is -0.375 e. The van der Waals surface area contributed by atoms with Gasteiger partial charge in [0.25, 0.3) is 0 Å². The number of hydrogen-bond acceptors (Lipinski definition) is 3. The molecule has 3 aliphatic rings. The molecule has 2 heterocycles. The Morgan fingerprint density at radius 1 is 0.950 bits per heavy atom. The lowest BCUT2D eigenvalue weighted by Gasteiger charge is -2.47. The second-order valence-electron chi connectivity index (χ2n) is 7.24. The van der Waals surface area contributed by atoms with Crippen LogP contribution in [0.4, 0.5) is 0 Å². The van der Waals surface area contributed by atoms with Gasteiger partial charge in [0.1, 0.15) is 0 Å². The first-order chi connectivity index (χ1) is 9.79. The molecule has 1 spiro atoms. The quantitative estimate of drug-likeness (QED) is 0.841. The van der Waals surface area contributed by atoms with Gasteiger partial charge in [0.15, 0.2) is 0 Å². The Labute approximate surface area is 124 Å². The molecule has 0 bridgehead atoms. The van der Waals surface area contributed by atoms with E-state index < -0.39 is 0 Å². The van der Waals surface area contributed by atoms with Crippen molar-refractivity contribution in [3.05, 3.63) is 0 Å². The topological polar surface area (TPSA) is 24.5 Å². The molecule has 0 aromatic heterocycles. The number of hydrogen-bond donors (Lipinski definition) is 1. The van der Waals surface area contributed by atoms with E-state index in [1.165, 1.54) is 77.3 Å². The summed E-state index contributed by atoms with van der Waals surface area (Å²) in [6.07, 6.45) is 13.3. The molecule has 20 heavy (non-hydrogen) atoms. The zero-order valence-electron chi connectivity index (χ0n) is 13.2. The Hall–Kier alpha value is -0.120. The van der Waals surface area contributed by atoms with Gasteiger partial charge in [0.2, 0.25) is 0 Å². The molecule has 2 saturated heterocycles. The monoisotopic (exact) mass is 280 g/mol. The van der Waals surface area contributed by atoms with Crippen LogP contribution in [0.1, 0.15) is 64.2 Å². The second-order valence-corrected chi connectivity index (χ2v) is 7.24. The Morgan fingerprint density at radius 2 is 1.80 bits per heavy atom. The molecule has 1 saturated carbocycles. The highest BCUT2D eigenvalue weighted by Gasteiger charge is 2.40. The summed E-state index contributed by atoms with van der Waals surface area (Å²) in [7, 11) is 2.38. The van der Waals surface area contributed by atoms with Gasteiger partial charge in [0, 0.05) is 18.7 Å². The smallest absolute Gasteiger partial charge is 0.0697 e. The van der Waals surface area contributed by atoms with E-state index in [-0.39, 0.29) is 5.60 Å². The molecular weight excluding hydrogens is 248 g/mol. The fraction of sp³-hybridized carbons (Fsp3) is 1.00. The fourth-order valence-corrected chi connectivity index (χ4v) is 4.60. The van der Waals surface area contributed by atoms with Gasteiger partial charge in [0.05, 0.1) is 5.60 Å². The zero-order valence-corrected chi connectivity index (χ0v) is 13.2. The van der Waals surface area contributed by atoms with Gasteiger partial charge in [-0.15, -0.1) is 0 Å². The van der Waals surface area contributed by atoms with Crippen LogP contribution in [0.25, 0.3) is 0 Å². The maximum absolute atomic E-state index is 6.26. The highest BCUT2D eigenvalue weighted by Crippen LogP contribution is 2.40. The minimum atomic E-state index is 0.248. The first-order valence-corrected chi connectivity index (χ1v) is 8.86. The Kier molecular flexibility index (Phi) is 5.00. The number of rotatable bonds is 2. The van der Waals surface area contributed by atoms with E-state index in [9.17, 15) is 0 Å². The van der Waals surface area contributed by atoms with Crippen molar-refractivity contribution in [2.75, 3.05) is 26.7 Å². The van der Waals surface area contributed by atoms with Crippen molar-refractivity contribution >= 4 is 0 Å². The van der Waals surface area contributed by atoms with Crippen molar-refractivity contribution in [2.45, 2.75) is 81.9 Å². The molecule has 3 rings (SSSR count). The highest BCUT2D eigenvalue weighted by atomic mass is 16.5. The third kappa shape index (κ3) is 3.37. The van der Waals surface area contributed by atoms with Crippen molar-refractivity contribution in [3.8, 4) is 0 Å². The average molecular weight is 280 g/mol. The molecule has 2 unspecified atom stereocenters. The molecule has 116 valence electrons. The van der Waals surface area contributed by atoms with Crippen LogP contribution in [0.2, 0.25) is 0 Å². The summed E-state index contributed by atoms with van der Waals surface area (Å²) in [5.74, 6) is 0. The summed E-state index contributed by atoms with van der Waals surface area (Å²) in [4.78, 5) is 2.71. The van der Waals surface area contributed by atoms with E-state index in [0.29, 0.717) is 0 Å². The van der Waals surface area contributed by atoms with E-state index >= 15 is 0 Å². The normalized spacial score (nSPS) is 35.1. The summed E-state index contributed by atoms with van der Waals surface area (Å²) in [6, 6.07) is 1.54. The van der Waals surface area contributed by atoms with E-state index in [4.69, 9.17) is 4.74 Å². The molecule has 2 atom stereocenters. The lowest BCUT2D eigenvalue weighted by Crippen LogP contribution is -2.51. The minimum absolute atomic E-state index is 0.248. The summed E-state index contributed by atoms with van der Waals surface area (Å²) in [6.45, 7) is 3.39. The van der Waals surface area contributed by atoms with Gasteiger partial charge in [-0.3, -0.25) is 0 Å². The number of ether oxygens (including phenoxy) is 1. The fourth-order valence-electron chi connectivity index (χ4n) is 4.60. The van der Waals surface area contributed by atoms with Gasteiger partial charge >= 0.3 is 0 Å². The Morgan fingerprint density at radius 3 is 2.65 bits per heavy atom. The Bertz CT molecular complexity index is 288. The van der Waals surface area contributed by atoms with Gasteiger partial charge < -0.3 is 15.0 Å².